The van der Waals surface area contributed by atoms with E-state index in [0.717, 1.165) is 0 Å². The Morgan fingerprint density at radius 3 is 2.77 bits per heavy atom. The van der Waals surface area contributed by atoms with Crippen LogP contribution in [0.15, 0.2) is 52.0 Å². The maximum absolute atomic E-state index is 12.3. The first-order valence-corrected chi connectivity index (χ1v) is 7.81. The molecule has 0 atom stereocenters. The molecule has 0 saturated carbocycles. The van der Waals surface area contributed by atoms with Gasteiger partial charge in [-0.25, -0.2) is 0 Å². The smallest absolute Gasteiger partial charge is 0.270 e. The van der Waals surface area contributed by atoms with Gasteiger partial charge in [-0.05, 0) is 24.6 Å². The Balaban J connectivity index is 2.23. The quantitative estimate of drug-likeness (QED) is 0.393. The lowest BCUT2D eigenvalue weighted by Crippen LogP contribution is -2.25. The molecule has 2 heterocycles. The predicted octanol–water partition coefficient (Wildman–Crippen LogP) is 1.34. The highest BCUT2D eigenvalue weighted by Crippen LogP contribution is 2.38. The maximum atomic E-state index is 12.3. The summed E-state index contributed by atoms with van der Waals surface area (Å²) in [5.41, 5.74) is 1.67. The molecule has 2 aromatic rings. The lowest BCUT2D eigenvalue weighted by Gasteiger charge is -2.26. The van der Waals surface area contributed by atoms with Crippen molar-refractivity contribution < 1.29 is 19.2 Å². The van der Waals surface area contributed by atoms with Crippen LogP contribution >= 0.6 is 0 Å². The van der Waals surface area contributed by atoms with Crippen molar-refractivity contribution in [2.24, 2.45) is 12.1 Å². The van der Waals surface area contributed by atoms with E-state index in [1.807, 2.05) is 36.0 Å². The van der Waals surface area contributed by atoms with Gasteiger partial charge in [-0.1, -0.05) is 18.2 Å². The molecule has 3 rings (SSSR count). The van der Waals surface area contributed by atoms with Crippen molar-refractivity contribution in [3.05, 3.63) is 69.4 Å². The van der Waals surface area contributed by atoms with E-state index in [2.05, 4.69) is 18.5 Å². The van der Waals surface area contributed by atoms with Crippen molar-refractivity contribution in [1.82, 2.24) is 4.57 Å². The van der Waals surface area contributed by atoms with E-state index < -0.39 is 5.97 Å². The Kier molecular flexibility index (Phi) is 4.21. The molecule has 0 fully saturated rings. The zero-order valence-electron chi connectivity index (χ0n) is 14.5. The van der Waals surface area contributed by atoms with Crippen LogP contribution in [-0.2, 0) is 11.8 Å². The van der Waals surface area contributed by atoms with Crippen LogP contribution in [-0.4, -0.2) is 38.3 Å². The third-order valence-electron chi connectivity index (χ3n) is 4.27. The van der Waals surface area contributed by atoms with E-state index in [-0.39, 0.29) is 16.6 Å². The number of pyridine rings is 1. The lowest BCUT2D eigenvalue weighted by atomic mass is 9.96. The van der Waals surface area contributed by atoms with Gasteiger partial charge in [0.2, 0.25) is 0 Å². The second-order valence-corrected chi connectivity index (χ2v) is 5.89. The minimum Gasteiger partial charge on any atom is -0.512 e. The van der Waals surface area contributed by atoms with Gasteiger partial charge in [0.25, 0.3) is 5.97 Å². The van der Waals surface area contributed by atoms with Crippen molar-refractivity contribution in [1.29, 1.82) is 0 Å². The van der Waals surface area contributed by atoms with Crippen molar-refractivity contribution in [2.75, 3.05) is 0 Å². The molecule has 132 valence electrons. The number of carboxylic acids is 1. The average Bonchev–Trinajstić information content (AvgIpc) is 2.60. The molecular weight excluding hydrogens is 332 g/mol. The van der Waals surface area contributed by atoms with Crippen molar-refractivity contribution >= 4 is 36.9 Å². The minimum atomic E-state index is -1.11. The first-order valence-electron chi connectivity index (χ1n) is 7.81. The zero-order chi connectivity index (χ0) is 19.0. The van der Waals surface area contributed by atoms with E-state index in [0.29, 0.717) is 22.9 Å². The summed E-state index contributed by atoms with van der Waals surface area (Å²) in [6.07, 6.45) is 3.23. The van der Waals surface area contributed by atoms with Crippen LogP contribution in [0, 0.1) is 6.04 Å². The number of aromatic nitrogens is 1. The Morgan fingerprint density at radius 2 is 2.12 bits per heavy atom. The Hall–Kier alpha value is -3.61. The normalized spacial score (nSPS) is 14.1. The molecular formula is C19H18N4O3. The van der Waals surface area contributed by atoms with Crippen molar-refractivity contribution in [3.63, 3.8) is 0 Å². The number of benzene rings is 1. The van der Waals surface area contributed by atoms with Crippen LogP contribution in [0.1, 0.15) is 12.5 Å². The molecule has 0 saturated heterocycles. The lowest BCUT2D eigenvalue weighted by molar-refractivity contribution is -0.464. The molecule has 1 aliphatic heterocycles. The van der Waals surface area contributed by atoms with Gasteiger partial charge in [0.1, 0.15) is 11.7 Å². The fraction of sp³-hybridized carbons (Fsp3) is 0.105. The van der Waals surface area contributed by atoms with E-state index >= 15 is 0 Å². The summed E-state index contributed by atoms with van der Waals surface area (Å²) in [6, 6.07) is 8.97. The molecule has 0 amide bonds. The Bertz CT molecular complexity index is 1100. The number of carbonyl (C=O) groups is 1. The molecule has 1 N–H and O–H groups in total. The molecule has 1 aromatic heterocycles. The second-order valence-electron chi connectivity index (χ2n) is 5.89. The SMILES string of the molecule is C=[N+]1c2c(c(=O)cc[c-]2[N+](=C)/N=c2/ccccn2C)C=C(C(=O)O)[C-]1C. The standard InChI is InChI=1S/C19H18N4O3/c1-12-13(19(25)26)11-14-16(24)9-8-15(18(14)22(12)3)23(4)20-17-7-5-6-10-21(17)2/h5-11H,3-4H2,1-2H3,(H,25,26)/b20-17-. The second kappa shape index (κ2) is 6.36. The van der Waals surface area contributed by atoms with E-state index in [4.69, 9.17) is 0 Å². The van der Waals surface area contributed by atoms with Crippen molar-refractivity contribution in [2.45, 2.75) is 6.92 Å². The Labute approximate surface area is 149 Å². The molecule has 1 aliphatic rings. The fourth-order valence-corrected chi connectivity index (χ4v) is 2.78. The molecule has 7 heteroatoms. The highest BCUT2D eigenvalue weighted by atomic mass is 16.4. The van der Waals surface area contributed by atoms with Crippen LogP contribution < -0.4 is 10.9 Å². The maximum Gasteiger partial charge on any atom is 0.270 e. The number of hydrogen-bond acceptors (Lipinski definition) is 3. The van der Waals surface area contributed by atoms with Crippen LogP contribution in [0.4, 0.5) is 11.4 Å². The van der Waals surface area contributed by atoms with Crippen LogP contribution in [0.25, 0.3) is 6.08 Å². The zero-order valence-corrected chi connectivity index (χ0v) is 14.5. The van der Waals surface area contributed by atoms with Crippen LogP contribution in [0.3, 0.4) is 0 Å². The number of hydrogen-bond donors (Lipinski definition) is 1. The van der Waals surface area contributed by atoms with Crippen molar-refractivity contribution in [3.8, 4) is 0 Å². The van der Waals surface area contributed by atoms with Gasteiger partial charge < -0.3 is 14.5 Å². The summed E-state index contributed by atoms with van der Waals surface area (Å²) in [5, 5.41) is 13.8. The number of fused-ring (bicyclic) bond motifs is 1. The molecule has 0 radical (unpaired) electrons. The molecule has 26 heavy (non-hydrogen) atoms. The average molecular weight is 350 g/mol. The van der Waals surface area contributed by atoms with Crippen LogP contribution in [0.2, 0.25) is 0 Å². The van der Waals surface area contributed by atoms with E-state index in [9.17, 15) is 14.7 Å². The number of aliphatic carboxylic acids is 1. The highest BCUT2D eigenvalue weighted by Gasteiger charge is 2.28. The summed E-state index contributed by atoms with van der Waals surface area (Å²) >= 11 is 0. The Morgan fingerprint density at radius 1 is 1.38 bits per heavy atom. The molecule has 0 spiro atoms. The molecule has 7 nitrogen and oxygen atoms in total. The number of rotatable bonds is 3. The summed E-state index contributed by atoms with van der Waals surface area (Å²) in [7, 11) is 1.86. The number of nitrogens with zero attached hydrogens (tertiary/aromatic N) is 4. The first-order chi connectivity index (χ1) is 12.3. The number of aryl methyl sites for hydroxylation is 1. The van der Waals surface area contributed by atoms with E-state index in [1.165, 1.54) is 21.4 Å². The highest BCUT2D eigenvalue weighted by molar-refractivity contribution is 5.97. The fourth-order valence-electron chi connectivity index (χ4n) is 2.78. The molecule has 1 aromatic carbocycles. The first kappa shape index (κ1) is 17.2. The largest absolute Gasteiger partial charge is 0.512 e. The summed E-state index contributed by atoms with van der Waals surface area (Å²) < 4.78 is 4.67. The van der Waals surface area contributed by atoms with Gasteiger partial charge >= 0.3 is 0 Å². The third-order valence-corrected chi connectivity index (χ3v) is 4.27. The molecule has 0 aliphatic carbocycles. The van der Waals surface area contributed by atoms with Gasteiger partial charge in [-0.3, -0.25) is 9.37 Å². The monoisotopic (exact) mass is 350 g/mol. The van der Waals surface area contributed by atoms with Gasteiger partial charge in [0, 0.05) is 23.9 Å². The van der Waals surface area contributed by atoms with E-state index in [1.54, 1.807) is 13.0 Å². The minimum absolute atomic E-state index is 0.0313. The molecule has 0 bridgehead atoms. The van der Waals surface area contributed by atoms with Gasteiger partial charge in [-0.2, -0.15) is 0 Å². The predicted molar refractivity (Wildman–Crippen MR) is 97.9 cm³/mol. The van der Waals surface area contributed by atoms with Gasteiger partial charge in [0.15, 0.2) is 11.2 Å². The van der Waals surface area contributed by atoms with Crippen LogP contribution in [0.5, 0.6) is 0 Å². The molecule has 0 unspecified atom stereocenters. The van der Waals surface area contributed by atoms with Gasteiger partial charge in [-0.15, -0.1) is 10.8 Å². The summed E-state index contributed by atoms with van der Waals surface area (Å²) in [5.74, 6) is -1.11. The topological polar surface area (TPSA) is 77.7 Å². The summed E-state index contributed by atoms with van der Waals surface area (Å²) in [4.78, 5) is 23.7. The van der Waals surface area contributed by atoms with Gasteiger partial charge in [0.05, 0.1) is 18.9 Å². The third kappa shape index (κ3) is 2.79. The number of carboxylic acid groups (broad SMARTS) is 1. The summed E-state index contributed by atoms with van der Waals surface area (Å²) in [6.45, 7) is 9.50.